The van der Waals surface area contributed by atoms with Crippen LogP contribution in [0.3, 0.4) is 0 Å². The molecule has 2 N–H and O–H groups in total. The molecule has 0 aliphatic rings. The zero-order chi connectivity index (χ0) is 19.3. The van der Waals surface area contributed by atoms with Crippen LogP contribution in [0.1, 0.15) is 21.5 Å². The van der Waals surface area contributed by atoms with Crippen LogP contribution in [0.5, 0.6) is 0 Å². The zero-order valence-corrected chi connectivity index (χ0v) is 14.9. The summed E-state index contributed by atoms with van der Waals surface area (Å²) in [4.78, 5) is 11.0. The van der Waals surface area contributed by atoms with E-state index in [2.05, 4.69) is 16.6 Å². The van der Waals surface area contributed by atoms with E-state index in [1.807, 2.05) is 0 Å². The molecule has 5 nitrogen and oxygen atoms in total. The van der Waals surface area contributed by atoms with Gasteiger partial charge in [0, 0.05) is 11.1 Å². The number of rotatable bonds is 4. The van der Waals surface area contributed by atoms with Crippen molar-refractivity contribution in [1.29, 1.82) is 0 Å². The van der Waals surface area contributed by atoms with Crippen LogP contribution in [-0.2, 0) is 10.0 Å². The molecule has 0 saturated carbocycles. The first-order valence-corrected chi connectivity index (χ1v) is 9.46. The molecule has 3 aromatic carbocycles. The monoisotopic (exact) mass is 377 g/mol. The van der Waals surface area contributed by atoms with Crippen LogP contribution < -0.4 is 4.72 Å². The maximum Gasteiger partial charge on any atom is 0.335 e. The van der Waals surface area contributed by atoms with Gasteiger partial charge in [0.15, 0.2) is 0 Å². The van der Waals surface area contributed by atoms with E-state index in [4.69, 9.17) is 5.11 Å². The molecule has 27 heavy (non-hydrogen) atoms. The van der Waals surface area contributed by atoms with Crippen LogP contribution >= 0.6 is 0 Å². The smallest absolute Gasteiger partial charge is 0.335 e. The highest BCUT2D eigenvalue weighted by Crippen LogP contribution is 2.19. The summed E-state index contributed by atoms with van der Waals surface area (Å²) in [6, 6.07) is 21.1. The van der Waals surface area contributed by atoms with Crippen molar-refractivity contribution < 1.29 is 18.3 Å². The van der Waals surface area contributed by atoms with Gasteiger partial charge in [-0.3, -0.25) is 4.72 Å². The van der Waals surface area contributed by atoms with Crippen molar-refractivity contribution in [2.24, 2.45) is 0 Å². The van der Waals surface area contributed by atoms with Gasteiger partial charge in [-0.1, -0.05) is 42.2 Å². The highest BCUT2D eigenvalue weighted by Gasteiger charge is 2.14. The average molecular weight is 377 g/mol. The Balaban J connectivity index is 1.88. The molecule has 0 spiro atoms. The number of anilines is 1. The average Bonchev–Trinajstić information content (AvgIpc) is 2.68. The van der Waals surface area contributed by atoms with E-state index in [-0.39, 0.29) is 10.5 Å². The summed E-state index contributed by atoms with van der Waals surface area (Å²) in [7, 11) is -3.72. The summed E-state index contributed by atoms with van der Waals surface area (Å²) in [5.74, 6) is 4.84. The molecule has 3 rings (SSSR count). The van der Waals surface area contributed by atoms with Crippen LogP contribution in [0.4, 0.5) is 5.69 Å². The molecular weight excluding hydrogens is 362 g/mol. The molecule has 6 heteroatoms. The Morgan fingerprint density at radius 2 is 1.44 bits per heavy atom. The van der Waals surface area contributed by atoms with E-state index in [0.717, 1.165) is 0 Å². The normalized spacial score (nSPS) is 10.5. The first-order valence-electron chi connectivity index (χ1n) is 7.98. The summed E-state index contributed by atoms with van der Waals surface area (Å²) in [6.07, 6.45) is 0. The fourth-order valence-electron chi connectivity index (χ4n) is 2.32. The third-order valence-corrected chi connectivity index (χ3v) is 5.08. The van der Waals surface area contributed by atoms with E-state index in [9.17, 15) is 13.2 Å². The molecule has 0 heterocycles. The minimum absolute atomic E-state index is 0.164. The Morgan fingerprint density at radius 3 is 2.11 bits per heavy atom. The first kappa shape index (κ1) is 18.2. The van der Waals surface area contributed by atoms with Gasteiger partial charge in [-0.2, -0.15) is 0 Å². The number of carboxylic acid groups (broad SMARTS) is 1. The Bertz CT molecular complexity index is 1130. The number of hydrogen-bond donors (Lipinski definition) is 2. The van der Waals surface area contributed by atoms with Gasteiger partial charge in [-0.25, -0.2) is 13.2 Å². The fraction of sp³-hybridized carbons (Fsp3) is 0. The first-order chi connectivity index (χ1) is 13.0. The molecule has 3 aromatic rings. The Labute approximate surface area is 157 Å². The van der Waals surface area contributed by atoms with Crippen molar-refractivity contribution in [1.82, 2.24) is 0 Å². The second kappa shape index (κ2) is 7.77. The van der Waals surface area contributed by atoms with Crippen LogP contribution in [0.2, 0.25) is 0 Å². The van der Waals surface area contributed by atoms with Crippen molar-refractivity contribution in [2.75, 3.05) is 4.72 Å². The van der Waals surface area contributed by atoms with Crippen LogP contribution in [0, 0.1) is 11.8 Å². The largest absolute Gasteiger partial charge is 0.478 e. The minimum atomic E-state index is -3.72. The Hall–Kier alpha value is -3.56. The second-order valence-electron chi connectivity index (χ2n) is 5.60. The summed E-state index contributed by atoms with van der Waals surface area (Å²) in [5, 5.41) is 8.92. The Morgan fingerprint density at radius 1 is 0.815 bits per heavy atom. The van der Waals surface area contributed by atoms with Crippen molar-refractivity contribution in [3.63, 3.8) is 0 Å². The maximum atomic E-state index is 12.5. The van der Waals surface area contributed by atoms with Gasteiger partial charge in [0.2, 0.25) is 0 Å². The van der Waals surface area contributed by atoms with Crippen LogP contribution in [0.15, 0.2) is 83.8 Å². The lowest BCUT2D eigenvalue weighted by molar-refractivity contribution is 0.0697. The highest BCUT2D eigenvalue weighted by atomic mass is 32.2. The predicted molar refractivity (Wildman–Crippen MR) is 103 cm³/mol. The van der Waals surface area contributed by atoms with Crippen LogP contribution in [-0.4, -0.2) is 19.5 Å². The number of nitrogens with one attached hydrogen (secondary N) is 1. The van der Waals surface area contributed by atoms with Crippen molar-refractivity contribution in [3.8, 4) is 11.8 Å². The van der Waals surface area contributed by atoms with Crippen molar-refractivity contribution >= 4 is 21.7 Å². The fourth-order valence-corrected chi connectivity index (χ4v) is 3.42. The number of para-hydroxylation sites is 1. The number of carbonyl (C=O) groups is 1. The lowest BCUT2D eigenvalue weighted by atomic mass is 10.1. The topological polar surface area (TPSA) is 83.5 Å². The van der Waals surface area contributed by atoms with Crippen molar-refractivity contribution in [2.45, 2.75) is 4.90 Å². The standard InChI is InChI=1S/C21H15NO4S/c23-21(24)18-14-11-16(12-15-18)10-13-17-6-4-5-9-20(17)22-27(25,26)19-7-2-1-3-8-19/h1-9,11-12,14-15,22H,(H,23,24). The van der Waals surface area contributed by atoms with Gasteiger partial charge in [0.1, 0.15) is 0 Å². The molecule has 0 saturated heterocycles. The van der Waals surface area contributed by atoms with Gasteiger partial charge in [-0.15, -0.1) is 0 Å². The highest BCUT2D eigenvalue weighted by molar-refractivity contribution is 7.92. The van der Waals surface area contributed by atoms with Gasteiger partial charge < -0.3 is 5.11 Å². The van der Waals surface area contributed by atoms with Gasteiger partial charge >= 0.3 is 5.97 Å². The lowest BCUT2D eigenvalue weighted by Gasteiger charge is -2.09. The molecular formula is C21H15NO4S. The van der Waals surface area contributed by atoms with E-state index < -0.39 is 16.0 Å². The second-order valence-corrected chi connectivity index (χ2v) is 7.28. The molecule has 0 amide bonds. The number of hydrogen-bond acceptors (Lipinski definition) is 3. The molecule has 0 aromatic heterocycles. The molecule has 0 atom stereocenters. The molecule has 0 aliphatic carbocycles. The molecule has 134 valence electrons. The molecule has 0 fully saturated rings. The SMILES string of the molecule is O=C(O)c1ccc(C#Cc2ccccc2NS(=O)(=O)c2ccccc2)cc1. The van der Waals surface area contributed by atoms with E-state index in [0.29, 0.717) is 16.8 Å². The van der Waals surface area contributed by atoms with Gasteiger partial charge in [0.05, 0.1) is 16.1 Å². The third kappa shape index (κ3) is 4.54. The predicted octanol–water partition coefficient (Wildman–Crippen LogP) is 3.59. The van der Waals surface area contributed by atoms with E-state index >= 15 is 0 Å². The lowest BCUT2D eigenvalue weighted by Crippen LogP contribution is -2.13. The Kier molecular flexibility index (Phi) is 5.25. The summed E-state index contributed by atoms with van der Waals surface area (Å²) >= 11 is 0. The minimum Gasteiger partial charge on any atom is -0.478 e. The molecule has 0 unspecified atom stereocenters. The van der Waals surface area contributed by atoms with Gasteiger partial charge in [0.25, 0.3) is 10.0 Å². The van der Waals surface area contributed by atoms with Crippen LogP contribution in [0.25, 0.3) is 0 Å². The summed E-state index contributed by atoms with van der Waals surface area (Å²) in [6.45, 7) is 0. The number of sulfonamides is 1. The quantitative estimate of drug-likeness (QED) is 0.681. The molecule has 0 radical (unpaired) electrons. The van der Waals surface area contributed by atoms with E-state index in [1.54, 1.807) is 54.6 Å². The summed E-state index contributed by atoms with van der Waals surface area (Å²) in [5.41, 5.74) is 1.69. The number of carboxylic acids is 1. The maximum absolute atomic E-state index is 12.5. The summed E-state index contributed by atoms with van der Waals surface area (Å²) < 4.78 is 27.6. The molecule has 0 bridgehead atoms. The van der Waals surface area contributed by atoms with Gasteiger partial charge in [-0.05, 0) is 48.5 Å². The van der Waals surface area contributed by atoms with E-state index in [1.165, 1.54) is 24.3 Å². The molecule has 0 aliphatic heterocycles. The number of aromatic carboxylic acids is 1. The third-order valence-electron chi connectivity index (χ3n) is 3.70. The van der Waals surface area contributed by atoms with Crippen molar-refractivity contribution in [3.05, 3.63) is 95.6 Å². The number of benzene rings is 3. The zero-order valence-electron chi connectivity index (χ0n) is 14.1.